The average molecular weight is 275 g/mol. The van der Waals surface area contributed by atoms with Crippen LogP contribution in [0.4, 0.5) is 0 Å². The summed E-state index contributed by atoms with van der Waals surface area (Å²) in [6, 6.07) is 6.91. The zero-order valence-electron chi connectivity index (χ0n) is 13.6. The van der Waals surface area contributed by atoms with Crippen molar-refractivity contribution in [2.75, 3.05) is 6.54 Å². The van der Waals surface area contributed by atoms with Gasteiger partial charge in [0.25, 0.3) is 0 Å². The normalized spacial score (nSPS) is 25.4. The number of hydrogen-bond donors (Lipinski definition) is 1. The number of ether oxygens (including phenoxy) is 1. The Bertz CT molecular complexity index is 453. The lowest BCUT2D eigenvalue weighted by Crippen LogP contribution is -2.49. The van der Waals surface area contributed by atoms with Crippen molar-refractivity contribution in [1.29, 1.82) is 0 Å². The smallest absolute Gasteiger partial charge is 0.120 e. The van der Waals surface area contributed by atoms with Gasteiger partial charge in [-0.1, -0.05) is 26.8 Å². The van der Waals surface area contributed by atoms with Crippen LogP contribution in [0.25, 0.3) is 0 Å². The number of hydrogen-bond acceptors (Lipinski definition) is 2. The molecule has 1 aliphatic carbocycles. The average Bonchev–Trinajstić information content (AvgIpc) is 2.37. The second kappa shape index (κ2) is 6.17. The first-order valence-electron chi connectivity index (χ1n) is 7.88. The highest BCUT2D eigenvalue weighted by molar-refractivity contribution is 5.34. The van der Waals surface area contributed by atoms with Gasteiger partial charge in [-0.15, -0.1) is 0 Å². The molecule has 20 heavy (non-hydrogen) atoms. The maximum atomic E-state index is 6.33. The quantitative estimate of drug-likeness (QED) is 0.887. The SMILES string of the molecule is CCNC1CCC(C)(C)CC1Oc1ccc(C)c(C)c1. The van der Waals surface area contributed by atoms with Gasteiger partial charge in [0.2, 0.25) is 0 Å². The summed E-state index contributed by atoms with van der Waals surface area (Å²) in [6.45, 7) is 12.2. The van der Waals surface area contributed by atoms with Gasteiger partial charge in [-0.05, 0) is 68.3 Å². The number of likely N-dealkylation sites (N-methyl/N-ethyl adjacent to an activating group) is 1. The summed E-state index contributed by atoms with van der Waals surface area (Å²) in [5.41, 5.74) is 3.01. The number of rotatable bonds is 4. The van der Waals surface area contributed by atoms with E-state index in [1.165, 1.54) is 24.0 Å². The number of benzene rings is 1. The van der Waals surface area contributed by atoms with Gasteiger partial charge >= 0.3 is 0 Å². The Kier molecular flexibility index (Phi) is 4.74. The van der Waals surface area contributed by atoms with E-state index < -0.39 is 0 Å². The first-order chi connectivity index (χ1) is 9.41. The Hall–Kier alpha value is -1.02. The molecular formula is C18H29NO. The summed E-state index contributed by atoms with van der Waals surface area (Å²) >= 11 is 0. The van der Waals surface area contributed by atoms with Crippen LogP contribution in [0, 0.1) is 19.3 Å². The third-order valence-corrected chi connectivity index (χ3v) is 4.57. The fourth-order valence-corrected chi connectivity index (χ4v) is 3.10. The predicted molar refractivity (Wildman–Crippen MR) is 85.4 cm³/mol. The molecule has 1 fully saturated rings. The summed E-state index contributed by atoms with van der Waals surface area (Å²) in [5, 5.41) is 3.59. The summed E-state index contributed by atoms with van der Waals surface area (Å²) in [5.74, 6) is 1.01. The molecule has 1 N–H and O–H groups in total. The van der Waals surface area contributed by atoms with E-state index in [0.717, 1.165) is 18.7 Å². The first kappa shape index (κ1) is 15.4. The topological polar surface area (TPSA) is 21.3 Å². The Balaban J connectivity index is 2.11. The van der Waals surface area contributed by atoms with Gasteiger partial charge in [0.1, 0.15) is 11.9 Å². The summed E-state index contributed by atoms with van der Waals surface area (Å²) in [7, 11) is 0. The largest absolute Gasteiger partial charge is 0.489 e. The molecule has 2 heteroatoms. The van der Waals surface area contributed by atoms with E-state index >= 15 is 0 Å². The molecule has 0 bridgehead atoms. The minimum Gasteiger partial charge on any atom is -0.489 e. The molecule has 2 unspecified atom stereocenters. The highest BCUT2D eigenvalue weighted by Crippen LogP contribution is 2.37. The van der Waals surface area contributed by atoms with Crippen molar-refractivity contribution in [1.82, 2.24) is 5.32 Å². The summed E-state index contributed by atoms with van der Waals surface area (Å²) in [6.07, 6.45) is 3.88. The van der Waals surface area contributed by atoms with Crippen LogP contribution in [0.3, 0.4) is 0 Å². The van der Waals surface area contributed by atoms with Crippen LogP contribution >= 0.6 is 0 Å². The minimum atomic E-state index is 0.279. The predicted octanol–water partition coefficient (Wildman–Crippen LogP) is 4.24. The molecule has 0 amide bonds. The van der Waals surface area contributed by atoms with E-state index in [1.54, 1.807) is 0 Å². The first-order valence-corrected chi connectivity index (χ1v) is 7.88. The Morgan fingerprint density at radius 3 is 2.65 bits per heavy atom. The van der Waals surface area contributed by atoms with Gasteiger partial charge < -0.3 is 10.1 Å². The van der Waals surface area contributed by atoms with Gasteiger partial charge in [0, 0.05) is 6.04 Å². The molecule has 1 saturated carbocycles. The molecule has 0 spiro atoms. The van der Waals surface area contributed by atoms with Gasteiger partial charge in [0.15, 0.2) is 0 Å². The molecule has 1 aromatic carbocycles. The van der Waals surface area contributed by atoms with E-state index in [9.17, 15) is 0 Å². The van der Waals surface area contributed by atoms with Crippen LogP contribution in [-0.4, -0.2) is 18.7 Å². The minimum absolute atomic E-state index is 0.279. The van der Waals surface area contributed by atoms with Crippen molar-refractivity contribution >= 4 is 0 Å². The van der Waals surface area contributed by atoms with Crippen LogP contribution in [0.1, 0.15) is 51.2 Å². The lowest BCUT2D eigenvalue weighted by atomic mass is 9.74. The molecule has 0 aliphatic heterocycles. The maximum absolute atomic E-state index is 6.33. The Labute approximate surface area is 123 Å². The van der Waals surface area contributed by atoms with E-state index in [-0.39, 0.29) is 6.10 Å². The fraction of sp³-hybridized carbons (Fsp3) is 0.667. The van der Waals surface area contributed by atoms with E-state index in [0.29, 0.717) is 11.5 Å². The molecule has 2 atom stereocenters. The van der Waals surface area contributed by atoms with Crippen LogP contribution in [0.2, 0.25) is 0 Å². The molecule has 112 valence electrons. The molecular weight excluding hydrogens is 246 g/mol. The zero-order chi connectivity index (χ0) is 14.8. The molecule has 0 heterocycles. The van der Waals surface area contributed by atoms with Gasteiger partial charge in [-0.2, -0.15) is 0 Å². The van der Waals surface area contributed by atoms with E-state index in [2.05, 4.69) is 58.1 Å². The lowest BCUT2D eigenvalue weighted by molar-refractivity contribution is 0.0536. The van der Waals surface area contributed by atoms with Crippen molar-refractivity contribution < 1.29 is 4.74 Å². The van der Waals surface area contributed by atoms with Gasteiger partial charge in [0.05, 0.1) is 0 Å². The van der Waals surface area contributed by atoms with Crippen molar-refractivity contribution in [3.63, 3.8) is 0 Å². The third kappa shape index (κ3) is 3.76. The molecule has 1 aliphatic rings. The van der Waals surface area contributed by atoms with Crippen LogP contribution in [0.5, 0.6) is 5.75 Å². The number of aryl methyl sites for hydroxylation is 2. The third-order valence-electron chi connectivity index (χ3n) is 4.57. The summed E-state index contributed by atoms with van der Waals surface area (Å²) in [4.78, 5) is 0. The maximum Gasteiger partial charge on any atom is 0.120 e. The molecule has 2 rings (SSSR count). The highest BCUT2D eigenvalue weighted by Gasteiger charge is 2.35. The van der Waals surface area contributed by atoms with Gasteiger partial charge in [-0.3, -0.25) is 0 Å². The Morgan fingerprint density at radius 1 is 1.25 bits per heavy atom. The van der Waals surface area contributed by atoms with E-state index in [1.807, 2.05) is 0 Å². The lowest BCUT2D eigenvalue weighted by Gasteiger charge is -2.41. The highest BCUT2D eigenvalue weighted by atomic mass is 16.5. The second-order valence-corrected chi connectivity index (χ2v) is 6.97. The Morgan fingerprint density at radius 2 is 2.00 bits per heavy atom. The van der Waals surface area contributed by atoms with Crippen LogP contribution < -0.4 is 10.1 Å². The molecule has 2 nitrogen and oxygen atoms in total. The monoisotopic (exact) mass is 275 g/mol. The van der Waals surface area contributed by atoms with Crippen molar-refractivity contribution in [3.05, 3.63) is 29.3 Å². The van der Waals surface area contributed by atoms with E-state index in [4.69, 9.17) is 4.74 Å². The van der Waals surface area contributed by atoms with Crippen molar-refractivity contribution in [3.8, 4) is 5.75 Å². The molecule has 0 saturated heterocycles. The van der Waals surface area contributed by atoms with Crippen LogP contribution in [-0.2, 0) is 0 Å². The number of nitrogens with one attached hydrogen (secondary N) is 1. The molecule has 0 aromatic heterocycles. The van der Waals surface area contributed by atoms with Crippen molar-refractivity contribution in [2.45, 2.75) is 66.0 Å². The van der Waals surface area contributed by atoms with Gasteiger partial charge in [-0.25, -0.2) is 0 Å². The second-order valence-electron chi connectivity index (χ2n) is 6.97. The molecule has 0 radical (unpaired) electrons. The standard InChI is InChI=1S/C18H29NO/c1-6-19-16-9-10-18(4,5)12-17(16)20-15-8-7-13(2)14(3)11-15/h7-8,11,16-17,19H,6,9-10,12H2,1-5H3. The fourth-order valence-electron chi connectivity index (χ4n) is 3.10. The summed E-state index contributed by atoms with van der Waals surface area (Å²) < 4.78 is 6.33. The van der Waals surface area contributed by atoms with Crippen LogP contribution in [0.15, 0.2) is 18.2 Å². The van der Waals surface area contributed by atoms with Crippen molar-refractivity contribution in [2.24, 2.45) is 5.41 Å². The zero-order valence-corrected chi connectivity index (χ0v) is 13.6. The molecule has 1 aromatic rings.